The van der Waals surface area contributed by atoms with Gasteiger partial charge in [0.25, 0.3) is 0 Å². The summed E-state index contributed by atoms with van der Waals surface area (Å²) in [5.41, 5.74) is -0.579. The molecule has 0 bridgehead atoms. The van der Waals surface area contributed by atoms with Gasteiger partial charge < -0.3 is 10.3 Å². The molecule has 0 amide bonds. The lowest BCUT2D eigenvalue weighted by atomic mass is 9.83. The van der Waals surface area contributed by atoms with Crippen LogP contribution in [0.5, 0.6) is 0 Å². The Balaban J connectivity index is 2.37. The van der Waals surface area contributed by atoms with Crippen molar-refractivity contribution in [2.45, 2.75) is 44.1 Å². The molecule has 0 spiro atoms. The van der Waals surface area contributed by atoms with Crippen LogP contribution in [0.25, 0.3) is 0 Å². The van der Waals surface area contributed by atoms with E-state index in [1.807, 2.05) is 0 Å². The van der Waals surface area contributed by atoms with Gasteiger partial charge in [-0.15, -0.1) is 5.16 Å². The molecule has 1 aliphatic rings. The first-order valence-electron chi connectivity index (χ1n) is 4.15. The molecule has 0 radical (unpaired) electrons. The quantitative estimate of drug-likeness (QED) is 0.363. The second kappa shape index (κ2) is 3.72. The van der Waals surface area contributed by atoms with Crippen molar-refractivity contribution in [2.75, 3.05) is 0 Å². The van der Waals surface area contributed by atoms with Gasteiger partial charge in [-0.3, -0.25) is 0 Å². The molecule has 0 heterocycles. The molecule has 0 saturated heterocycles. The highest BCUT2D eigenvalue weighted by Crippen LogP contribution is 2.29. The van der Waals surface area contributed by atoms with E-state index in [-0.39, 0.29) is 0 Å². The Kier molecular flexibility index (Phi) is 2.88. The van der Waals surface area contributed by atoms with Gasteiger partial charge in [0.15, 0.2) is 0 Å². The molecule has 64 valence electrons. The van der Waals surface area contributed by atoms with E-state index < -0.39 is 5.60 Å². The fourth-order valence-corrected chi connectivity index (χ4v) is 1.62. The lowest BCUT2D eigenvalue weighted by molar-refractivity contribution is 0.0115. The second-order valence-electron chi connectivity index (χ2n) is 3.29. The van der Waals surface area contributed by atoms with Gasteiger partial charge in [0, 0.05) is 12.6 Å². The standard InChI is InChI=1S/C8H15NO2/c10-8(6-7-9-11)4-2-1-3-5-8/h7,10-11H,1-6H2/b9-7+. The van der Waals surface area contributed by atoms with Crippen molar-refractivity contribution in [1.82, 2.24) is 0 Å². The third-order valence-electron chi connectivity index (χ3n) is 2.34. The molecule has 1 aliphatic carbocycles. The highest BCUT2D eigenvalue weighted by molar-refractivity contribution is 5.57. The summed E-state index contributed by atoms with van der Waals surface area (Å²) in [7, 11) is 0. The number of hydrogen-bond acceptors (Lipinski definition) is 3. The molecule has 0 aromatic rings. The molecule has 0 aliphatic heterocycles. The van der Waals surface area contributed by atoms with E-state index in [0.717, 1.165) is 25.7 Å². The monoisotopic (exact) mass is 157 g/mol. The normalized spacial score (nSPS) is 24.1. The van der Waals surface area contributed by atoms with Crippen molar-refractivity contribution < 1.29 is 10.3 Å². The maximum Gasteiger partial charge on any atom is 0.0698 e. The first-order valence-corrected chi connectivity index (χ1v) is 4.15. The van der Waals surface area contributed by atoms with E-state index in [1.54, 1.807) is 0 Å². The molecule has 0 atom stereocenters. The summed E-state index contributed by atoms with van der Waals surface area (Å²) < 4.78 is 0. The molecule has 1 saturated carbocycles. The minimum Gasteiger partial charge on any atom is -0.411 e. The van der Waals surface area contributed by atoms with Crippen molar-refractivity contribution in [3.8, 4) is 0 Å². The molecule has 2 N–H and O–H groups in total. The average molecular weight is 157 g/mol. The number of aliphatic hydroxyl groups is 1. The van der Waals surface area contributed by atoms with Crippen LogP contribution in [0.2, 0.25) is 0 Å². The lowest BCUT2D eigenvalue weighted by Gasteiger charge is -2.30. The van der Waals surface area contributed by atoms with E-state index in [4.69, 9.17) is 5.21 Å². The van der Waals surface area contributed by atoms with Crippen LogP contribution in [-0.2, 0) is 0 Å². The minimum atomic E-state index is -0.579. The number of nitrogens with zero attached hydrogens (tertiary/aromatic N) is 1. The average Bonchev–Trinajstić information content (AvgIpc) is 2.03. The van der Waals surface area contributed by atoms with Gasteiger partial charge in [0.05, 0.1) is 5.60 Å². The van der Waals surface area contributed by atoms with Gasteiger partial charge in [-0.1, -0.05) is 19.3 Å². The molecule has 0 aromatic heterocycles. The molecule has 3 nitrogen and oxygen atoms in total. The van der Waals surface area contributed by atoms with Gasteiger partial charge >= 0.3 is 0 Å². The maximum atomic E-state index is 9.80. The Hall–Kier alpha value is -0.570. The summed E-state index contributed by atoms with van der Waals surface area (Å²) in [6.45, 7) is 0. The van der Waals surface area contributed by atoms with Crippen molar-refractivity contribution in [2.24, 2.45) is 5.16 Å². The Morgan fingerprint density at radius 1 is 1.27 bits per heavy atom. The van der Waals surface area contributed by atoms with E-state index in [0.29, 0.717) is 6.42 Å². The maximum absolute atomic E-state index is 9.80. The zero-order valence-corrected chi connectivity index (χ0v) is 6.66. The van der Waals surface area contributed by atoms with Crippen LogP contribution in [0.4, 0.5) is 0 Å². The number of oxime groups is 1. The van der Waals surface area contributed by atoms with Crippen LogP contribution in [0.15, 0.2) is 5.16 Å². The van der Waals surface area contributed by atoms with Crippen LogP contribution >= 0.6 is 0 Å². The first-order chi connectivity index (χ1) is 5.27. The summed E-state index contributed by atoms with van der Waals surface area (Å²) >= 11 is 0. The highest BCUT2D eigenvalue weighted by atomic mass is 16.4. The van der Waals surface area contributed by atoms with Gasteiger partial charge in [-0.25, -0.2) is 0 Å². The van der Waals surface area contributed by atoms with E-state index in [2.05, 4.69) is 5.16 Å². The molecule has 1 rings (SSSR count). The predicted molar refractivity (Wildman–Crippen MR) is 42.9 cm³/mol. The number of rotatable bonds is 2. The largest absolute Gasteiger partial charge is 0.411 e. The van der Waals surface area contributed by atoms with Crippen LogP contribution < -0.4 is 0 Å². The lowest BCUT2D eigenvalue weighted by Crippen LogP contribution is -2.31. The summed E-state index contributed by atoms with van der Waals surface area (Å²) in [6.07, 6.45) is 6.97. The Morgan fingerprint density at radius 2 is 1.91 bits per heavy atom. The van der Waals surface area contributed by atoms with Crippen molar-refractivity contribution >= 4 is 6.21 Å². The fourth-order valence-electron chi connectivity index (χ4n) is 1.62. The first kappa shape index (κ1) is 8.53. The van der Waals surface area contributed by atoms with Crippen molar-refractivity contribution in [1.29, 1.82) is 0 Å². The number of hydrogen-bond donors (Lipinski definition) is 2. The van der Waals surface area contributed by atoms with Gasteiger partial charge in [0.1, 0.15) is 0 Å². The highest BCUT2D eigenvalue weighted by Gasteiger charge is 2.27. The van der Waals surface area contributed by atoms with E-state index in [9.17, 15) is 5.11 Å². The zero-order chi connectivity index (χ0) is 8.16. The topological polar surface area (TPSA) is 52.8 Å². The third-order valence-corrected chi connectivity index (χ3v) is 2.34. The van der Waals surface area contributed by atoms with Crippen LogP contribution in [0.3, 0.4) is 0 Å². The molecule has 11 heavy (non-hydrogen) atoms. The third kappa shape index (κ3) is 2.50. The van der Waals surface area contributed by atoms with Crippen molar-refractivity contribution in [3.05, 3.63) is 0 Å². The Bertz CT molecular complexity index is 139. The van der Waals surface area contributed by atoms with Gasteiger partial charge in [-0.2, -0.15) is 0 Å². The fraction of sp³-hybridized carbons (Fsp3) is 0.875. The smallest absolute Gasteiger partial charge is 0.0698 e. The van der Waals surface area contributed by atoms with E-state index in [1.165, 1.54) is 12.6 Å². The van der Waals surface area contributed by atoms with Crippen LogP contribution in [0.1, 0.15) is 38.5 Å². The summed E-state index contributed by atoms with van der Waals surface area (Å²) in [5.74, 6) is 0. The molecular formula is C8H15NO2. The summed E-state index contributed by atoms with van der Waals surface area (Å²) in [6, 6.07) is 0. The molecule has 3 heteroatoms. The molecule has 0 unspecified atom stereocenters. The Morgan fingerprint density at radius 3 is 2.45 bits per heavy atom. The predicted octanol–water partition coefficient (Wildman–Crippen LogP) is 1.53. The summed E-state index contributed by atoms with van der Waals surface area (Å²) in [4.78, 5) is 0. The molecular weight excluding hydrogens is 142 g/mol. The zero-order valence-electron chi connectivity index (χ0n) is 6.66. The second-order valence-corrected chi connectivity index (χ2v) is 3.29. The van der Waals surface area contributed by atoms with Gasteiger partial charge in [-0.05, 0) is 12.8 Å². The van der Waals surface area contributed by atoms with Gasteiger partial charge in [0.2, 0.25) is 0 Å². The van der Waals surface area contributed by atoms with Crippen molar-refractivity contribution in [3.63, 3.8) is 0 Å². The minimum absolute atomic E-state index is 0.490. The van der Waals surface area contributed by atoms with Crippen LogP contribution in [0, 0.1) is 0 Å². The Labute approximate surface area is 66.7 Å². The molecule has 0 aromatic carbocycles. The SMILES string of the molecule is O/N=C/CC1(O)CCCCC1. The summed E-state index contributed by atoms with van der Waals surface area (Å²) in [5, 5.41) is 20.9. The molecule has 1 fully saturated rings. The van der Waals surface area contributed by atoms with E-state index >= 15 is 0 Å². The van der Waals surface area contributed by atoms with Crippen LogP contribution in [-0.4, -0.2) is 22.1 Å².